The summed E-state index contributed by atoms with van der Waals surface area (Å²) >= 11 is 5.24. The van der Waals surface area contributed by atoms with Crippen LogP contribution in [0.15, 0.2) is 24.3 Å². The van der Waals surface area contributed by atoms with E-state index in [1.807, 2.05) is 0 Å². The molecule has 0 aliphatic heterocycles. The van der Waals surface area contributed by atoms with E-state index in [4.69, 9.17) is 16.3 Å². The highest BCUT2D eigenvalue weighted by Gasteiger charge is 2.10. The number of ether oxygens (including phenoxy) is 2. The van der Waals surface area contributed by atoms with Gasteiger partial charge in [0.2, 0.25) is 5.24 Å². The molecule has 0 spiro atoms. The molecule has 0 fully saturated rings. The molecule has 1 aromatic rings. The number of halogens is 1. The zero-order valence-electron chi connectivity index (χ0n) is 8.03. The third-order valence-corrected chi connectivity index (χ3v) is 1.80. The summed E-state index contributed by atoms with van der Waals surface area (Å²) in [6, 6.07) is 6.62. The molecule has 0 unspecified atom stereocenters. The van der Waals surface area contributed by atoms with Crippen LogP contribution in [-0.2, 0) is 16.0 Å². The summed E-state index contributed by atoms with van der Waals surface area (Å²) in [5, 5.41) is -0.518. The molecule has 0 N–H and O–H groups in total. The molecular weight excluding hydrogens is 220 g/mol. The van der Waals surface area contributed by atoms with E-state index in [-0.39, 0.29) is 12.2 Å². The van der Waals surface area contributed by atoms with E-state index >= 15 is 0 Å². The van der Waals surface area contributed by atoms with Gasteiger partial charge in [-0.2, -0.15) is 0 Å². The van der Waals surface area contributed by atoms with Crippen LogP contribution >= 0.6 is 11.6 Å². The fraction of sp³-hybridized carbons (Fsp3) is 0.200. The second-order valence-corrected chi connectivity index (χ2v) is 3.12. The summed E-state index contributed by atoms with van der Waals surface area (Å²) in [5.74, 6) is 0.276. The van der Waals surface area contributed by atoms with E-state index in [9.17, 15) is 9.59 Å². The zero-order valence-corrected chi connectivity index (χ0v) is 8.78. The van der Waals surface area contributed by atoms with Crippen molar-refractivity contribution >= 4 is 23.0 Å². The van der Waals surface area contributed by atoms with Crippen LogP contribution in [0.25, 0.3) is 0 Å². The quantitative estimate of drug-likeness (QED) is 0.452. The average Bonchev–Trinajstić information content (AvgIpc) is 2.20. The average molecular weight is 229 g/mol. The van der Waals surface area contributed by atoms with Crippen LogP contribution in [0.5, 0.6) is 5.75 Å². The van der Waals surface area contributed by atoms with Gasteiger partial charge in [0.25, 0.3) is 0 Å². The Kier molecular flexibility index (Phi) is 4.12. The molecule has 0 saturated heterocycles. The molecule has 0 heterocycles. The molecule has 0 atom stereocenters. The largest absolute Gasteiger partial charge is 0.513 e. The van der Waals surface area contributed by atoms with Gasteiger partial charge in [-0.05, 0) is 17.7 Å². The molecule has 0 bridgehead atoms. The number of para-hydroxylation sites is 1. The lowest BCUT2D eigenvalue weighted by molar-refractivity contribution is -0.111. The van der Waals surface area contributed by atoms with Crippen molar-refractivity contribution in [2.45, 2.75) is 6.42 Å². The second kappa shape index (κ2) is 5.36. The Bertz CT molecular complexity index is 375. The summed E-state index contributed by atoms with van der Waals surface area (Å²) in [6.45, 7) is 0. The van der Waals surface area contributed by atoms with E-state index in [2.05, 4.69) is 4.74 Å². The van der Waals surface area contributed by atoms with Crippen LogP contribution in [0.4, 0.5) is 4.79 Å². The SMILES string of the molecule is COC(=O)Oc1ccccc1CC(=O)Cl. The third kappa shape index (κ3) is 3.59. The normalized spacial score (nSPS) is 9.47. The van der Waals surface area contributed by atoms with Gasteiger partial charge in [-0.15, -0.1) is 0 Å². The predicted octanol–water partition coefficient (Wildman–Crippen LogP) is 2.14. The number of carbonyl (C=O) groups excluding carboxylic acids is 2. The number of rotatable bonds is 3. The first kappa shape index (κ1) is 11.5. The standard InChI is InChI=1S/C10H9ClO4/c1-14-10(13)15-8-5-3-2-4-7(8)6-9(11)12/h2-5H,6H2,1H3. The molecule has 0 aliphatic carbocycles. The van der Waals surface area contributed by atoms with Gasteiger partial charge in [0.15, 0.2) is 0 Å². The Balaban J connectivity index is 2.85. The van der Waals surface area contributed by atoms with Crippen molar-refractivity contribution in [1.29, 1.82) is 0 Å². The van der Waals surface area contributed by atoms with Crippen LogP contribution in [0.2, 0.25) is 0 Å². The smallest absolute Gasteiger partial charge is 0.437 e. The molecule has 4 nitrogen and oxygen atoms in total. The summed E-state index contributed by atoms with van der Waals surface area (Å²) in [6.07, 6.45) is -0.821. The molecule has 5 heteroatoms. The maximum absolute atomic E-state index is 10.9. The van der Waals surface area contributed by atoms with Crippen molar-refractivity contribution in [1.82, 2.24) is 0 Å². The summed E-state index contributed by atoms with van der Waals surface area (Å²) < 4.78 is 9.16. The monoisotopic (exact) mass is 228 g/mol. The molecular formula is C10H9ClO4. The number of carbonyl (C=O) groups is 2. The van der Waals surface area contributed by atoms with Gasteiger partial charge in [-0.25, -0.2) is 4.79 Å². The Hall–Kier alpha value is -1.55. The van der Waals surface area contributed by atoms with Crippen molar-refractivity contribution < 1.29 is 19.1 Å². The van der Waals surface area contributed by atoms with Gasteiger partial charge < -0.3 is 9.47 Å². The van der Waals surface area contributed by atoms with Crippen LogP contribution < -0.4 is 4.74 Å². The molecule has 80 valence electrons. The van der Waals surface area contributed by atoms with Gasteiger partial charge in [-0.3, -0.25) is 4.79 Å². The maximum Gasteiger partial charge on any atom is 0.513 e. The van der Waals surface area contributed by atoms with E-state index in [1.54, 1.807) is 24.3 Å². The number of benzene rings is 1. The van der Waals surface area contributed by atoms with Gasteiger partial charge >= 0.3 is 6.16 Å². The Morgan fingerprint density at radius 2 is 2.00 bits per heavy atom. The Labute approximate surface area is 91.7 Å². The fourth-order valence-corrected chi connectivity index (χ4v) is 1.17. The minimum atomic E-state index is -0.829. The minimum Gasteiger partial charge on any atom is -0.437 e. The highest BCUT2D eigenvalue weighted by atomic mass is 35.5. The van der Waals surface area contributed by atoms with Gasteiger partial charge in [0.05, 0.1) is 13.5 Å². The van der Waals surface area contributed by atoms with Crippen LogP contribution in [0.3, 0.4) is 0 Å². The molecule has 1 rings (SSSR count). The van der Waals surface area contributed by atoms with Crippen LogP contribution in [0, 0.1) is 0 Å². The van der Waals surface area contributed by atoms with Gasteiger partial charge in [0.1, 0.15) is 5.75 Å². The molecule has 15 heavy (non-hydrogen) atoms. The minimum absolute atomic E-state index is 0.00865. The molecule has 0 aromatic heterocycles. The Morgan fingerprint density at radius 3 is 2.60 bits per heavy atom. The summed E-state index contributed by atoms with van der Waals surface area (Å²) in [4.78, 5) is 21.6. The molecule has 0 saturated carbocycles. The third-order valence-electron chi connectivity index (χ3n) is 1.66. The predicted molar refractivity (Wildman–Crippen MR) is 54.0 cm³/mol. The maximum atomic E-state index is 10.9. The van der Waals surface area contributed by atoms with Gasteiger partial charge in [0, 0.05) is 5.56 Å². The highest BCUT2D eigenvalue weighted by Crippen LogP contribution is 2.19. The van der Waals surface area contributed by atoms with Crippen LogP contribution in [0.1, 0.15) is 5.56 Å². The first-order chi connectivity index (χ1) is 7.13. The molecule has 0 amide bonds. The van der Waals surface area contributed by atoms with Crippen molar-refractivity contribution in [3.05, 3.63) is 29.8 Å². The van der Waals surface area contributed by atoms with Crippen molar-refractivity contribution in [2.75, 3.05) is 7.11 Å². The fourth-order valence-electron chi connectivity index (χ4n) is 1.03. The lowest BCUT2D eigenvalue weighted by Crippen LogP contribution is -2.09. The summed E-state index contributed by atoms with van der Waals surface area (Å²) in [7, 11) is 1.21. The lowest BCUT2D eigenvalue weighted by atomic mass is 10.1. The topological polar surface area (TPSA) is 52.6 Å². The highest BCUT2D eigenvalue weighted by molar-refractivity contribution is 6.63. The lowest BCUT2D eigenvalue weighted by Gasteiger charge is -2.06. The van der Waals surface area contributed by atoms with E-state index in [1.165, 1.54) is 7.11 Å². The Morgan fingerprint density at radius 1 is 1.33 bits per heavy atom. The van der Waals surface area contributed by atoms with E-state index in [0.717, 1.165) is 0 Å². The van der Waals surface area contributed by atoms with Crippen molar-refractivity contribution in [3.8, 4) is 5.75 Å². The zero-order chi connectivity index (χ0) is 11.3. The summed E-state index contributed by atoms with van der Waals surface area (Å²) in [5.41, 5.74) is 0.544. The van der Waals surface area contributed by atoms with Crippen LogP contribution in [-0.4, -0.2) is 18.5 Å². The second-order valence-electron chi connectivity index (χ2n) is 2.70. The number of hydrogen-bond donors (Lipinski definition) is 0. The molecule has 0 radical (unpaired) electrons. The first-order valence-electron chi connectivity index (χ1n) is 4.15. The van der Waals surface area contributed by atoms with Crippen molar-refractivity contribution in [3.63, 3.8) is 0 Å². The number of hydrogen-bond acceptors (Lipinski definition) is 4. The first-order valence-corrected chi connectivity index (χ1v) is 4.53. The van der Waals surface area contributed by atoms with E-state index < -0.39 is 11.4 Å². The molecule has 1 aromatic carbocycles. The van der Waals surface area contributed by atoms with Gasteiger partial charge in [-0.1, -0.05) is 18.2 Å². The molecule has 0 aliphatic rings. The van der Waals surface area contributed by atoms with Crippen molar-refractivity contribution in [2.24, 2.45) is 0 Å². The number of methoxy groups -OCH3 is 1. The van der Waals surface area contributed by atoms with E-state index in [0.29, 0.717) is 5.56 Å².